The van der Waals surface area contributed by atoms with Gasteiger partial charge in [-0.25, -0.2) is 9.97 Å². The summed E-state index contributed by atoms with van der Waals surface area (Å²) in [4.78, 5) is 8.47. The van der Waals surface area contributed by atoms with Crippen LogP contribution in [0.2, 0.25) is 0 Å². The van der Waals surface area contributed by atoms with Crippen LogP contribution >= 0.6 is 23.1 Å². The molecule has 0 unspecified atom stereocenters. The van der Waals surface area contributed by atoms with Crippen LogP contribution in [0.4, 0.5) is 0 Å². The van der Waals surface area contributed by atoms with Crippen molar-refractivity contribution in [2.75, 3.05) is 0 Å². The van der Waals surface area contributed by atoms with Gasteiger partial charge in [-0.3, -0.25) is 0 Å². The molecule has 16 heavy (non-hydrogen) atoms. The van der Waals surface area contributed by atoms with Gasteiger partial charge < -0.3 is 4.57 Å². The molecule has 0 N–H and O–H groups in total. The number of fused-ring (bicyclic) bond motifs is 1. The highest BCUT2D eigenvalue weighted by atomic mass is 32.2. The molecular formula is C9H7N5S2. The average molecular weight is 249 g/mol. The zero-order valence-electron chi connectivity index (χ0n) is 8.36. The van der Waals surface area contributed by atoms with E-state index >= 15 is 0 Å². The van der Waals surface area contributed by atoms with Crippen molar-refractivity contribution in [1.29, 1.82) is 0 Å². The normalized spacial score (nSPS) is 11.1. The minimum Gasteiger partial charge on any atom is -0.311 e. The van der Waals surface area contributed by atoms with Gasteiger partial charge in [0.2, 0.25) is 0 Å². The van der Waals surface area contributed by atoms with Crippen LogP contribution in [0.15, 0.2) is 33.6 Å². The molecule has 0 amide bonds. The highest BCUT2D eigenvalue weighted by Gasteiger charge is 2.09. The maximum Gasteiger partial charge on any atom is 0.197 e. The summed E-state index contributed by atoms with van der Waals surface area (Å²) in [7, 11) is 1.91. The first kappa shape index (κ1) is 9.73. The lowest BCUT2D eigenvalue weighted by molar-refractivity contribution is 0.787. The maximum atomic E-state index is 4.27. The summed E-state index contributed by atoms with van der Waals surface area (Å²) in [5.74, 6) is 0. The monoisotopic (exact) mass is 249 g/mol. The van der Waals surface area contributed by atoms with Crippen molar-refractivity contribution in [3.63, 3.8) is 0 Å². The Morgan fingerprint density at radius 3 is 3.06 bits per heavy atom. The molecule has 0 aliphatic heterocycles. The molecule has 0 saturated carbocycles. The number of hydrogen-bond donors (Lipinski definition) is 0. The largest absolute Gasteiger partial charge is 0.311 e. The van der Waals surface area contributed by atoms with Crippen LogP contribution in [-0.4, -0.2) is 24.7 Å². The van der Waals surface area contributed by atoms with Crippen LogP contribution in [0.1, 0.15) is 0 Å². The molecule has 0 saturated heterocycles. The smallest absolute Gasteiger partial charge is 0.197 e. The molecule has 0 aliphatic carbocycles. The summed E-state index contributed by atoms with van der Waals surface area (Å²) in [5, 5.41) is 14.7. The molecule has 0 aliphatic rings. The summed E-state index contributed by atoms with van der Waals surface area (Å²) in [5.41, 5.74) is 0.977. The number of hydrogen-bond acceptors (Lipinski definition) is 6. The first-order chi connectivity index (χ1) is 7.84. The van der Waals surface area contributed by atoms with Gasteiger partial charge in [-0.2, -0.15) is 0 Å². The standard InChI is InChI=1S/C9H7N5S2/c1-14-5-12-13-9(14)16-8-6-2-15-3-7(6)10-4-11-8/h2-5H,1H3. The Bertz CT molecular complexity index is 629. The first-order valence-electron chi connectivity index (χ1n) is 4.53. The van der Waals surface area contributed by atoms with Crippen molar-refractivity contribution >= 4 is 34.0 Å². The Balaban J connectivity index is 2.07. The van der Waals surface area contributed by atoms with Gasteiger partial charge in [0.1, 0.15) is 17.7 Å². The average Bonchev–Trinajstić information content (AvgIpc) is 2.89. The molecule has 0 fully saturated rings. The molecule has 0 aromatic carbocycles. The first-order valence-corrected chi connectivity index (χ1v) is 6.29. The predicted octanol–water partition coefficient (Wildman–Crippen LogP) is 1.97. The lowest BCUT2D eigenvalue weighted by Crippen LogP contribution is -1.90. The molecule has 3 heterocycles. The fourth-order valence-corrected chi connectivity index (χ4v) is 2.95. The molecule has 3 aromatic heterocycles. The van der Waals surface area contributed by atoms with E-state index in [1.165, 1.54) is 11.8 Å². The van der Waals surface area contributed by atoms with Gasteiger partial charge in [-0.15, -0.1) is 21.5 Å². The third kappa shape index (κ3) is 1.57. The summed E-state index contributed by atoms with van der Waals surface area (Å²) in [6.07, 6.45) is 3.25. The molecule has 0 spiro atoms. The third-order valence-corrected chi connectivity index (χ3v) is 3.90. The third-order valence-electron chi connectivity index (χ3n) is 2.10. The van der Waals surface area contributed by atoms with E-state index in [9.17, 15) is 0 Å². The van der Waals surface area contributed by atoms with Gasteiger partial charge >= 0.3 is 0 Å². The van der Waals surface area contributed by atoms with E-state index < -0.39 is 0 Å². The highest BCUT2D eigenvalue weighted by molar-refractivity contribution is 7.99. The quantitative estimate of drug-likeness (QED) is 0.650. The zero-order chi connectivity index (χ0) is 11.0. The Morgan fingerprint density at radius 1 is 1.31 bits per heavy atom. The molecule has 7 heteroatoms. The van der Waals surface area contributed by atoms with Crippen molar-refractivity contribution in [3.05, 3.63) is 23.4 Å². The second kappa shape index (κ2) is 3.84. The van der Waals surface area contributed by atoms with Gasteiger partial charge in [0.15, 0.2) is 5.16 Å². The predicted molar refractivity (Wildman–Crippen MR) is 62.5 cm³/mol. The van der Waals surface area contributed by atoms with Crippen molar-refractivity contribution in [2.45, 2.75) is 10.2 Å². The molecular weight excluding hydrogens is 242 g/mol. The SMILES string of the molecule is Cn1cnnc1Sc1ncnc2cscc12. The molecule has 3 aromatic rings. The van der Waals surface area contributed by atoms with Crippen molar-refractivity contribution in [2.24, 2.45) is 7.05 Å². The van der Waals surface area contributed by atoms with Gasteiger partial charge in [-0.1, -0.05) is 0 Å². The van der Waals surface area contributed by atoms with Crippen molar-refractivity contribution < 1.29 is 0 Å². The number of aromatic nitrogens is 5. The second-order valence-corrected chi connectivity index (χ2v) is 4.88. The Hall–Kier alpha value is -1.47. The van der Waals surface area contributed by atoms with Crippen molar-refractivity contribution in [3.8, 4) is 0 Å². The fraction of sp³-hybridized carbons (Fsp3) is 0.111. The van der Waals surface area contributed by atoms with Gasteiger partial charge in [-0.05, 0) is 11.8 Å². The van der Waals surface area contributed by atoms with E-state index in [0.717, 1.165) is 21.1 Å². The number of aryl methyl sites for hydroxylation is 1. The summed E-state index contributed by atoms with van der Waals surface area (Å²) < 4.78 is 1.87. The Morgan fingerprint density at radius 2 is 2.25 bits per heavy atom. The summed E-state index contributed by atoms with van der Waals surface area (Å²) in [6, 6.07) is 0. The fourth-order valence-electron chi connectivity index (χ4n) is 1.30. The lowest BCUT2D eigenvalue weighted by Gasteiger charge is -2.00. The van der Waals surface area contributed by atoms with E-state index in [-0.39, 0.29) is 0 Å². The Kier molecular flexibility index (Phi) is 2.33. The van der Waals surface area contributed by atoms with E-state index in [2.05, 4.69) is 20.2 Å². The summed E-state index contributed by atoms with van der Waals surface area (Å²) in [6.45, 7) is 0. The van der Waals surface area contributed by atoms with Crippen LogP contribution in [0.5, 0.6) is 0 Å². The number of nitrogens with zero attached hydrogens (tertiary/aromatic N) is 5. The van der Waals surface area contributed by atoms with Gasteiger partial charge in [0.25, 0.3) is 0 Å². The van der Waals surface area contributed by atoms with Crippen molar-refractivity contribution in [1.82, 2.24) is 24.7 Å². The molecule has 0 radical (unpaired) electrons. The number of thiophene rings is 1. The molecule has 0 atom stereocenters. The minimum atomic E-state index is 0.825. The van der Waals surface area contributed by atoms with Crippen LogP contribution < -0.4 is 0 Å². The van der Waals surface area contributed by atoms with Crippen LogP contribution in [0.25, 0.3) is 10.9 Å². The van der Waals surface area contributed by atoms with Crippen LogP contribution in [-0.2, 0) is 7.05 Å². The van der Waals surface area contributed by atoms with E-state index in [0.29, 0.717) is 0 Å². The van der Waals surface area contributed by atoms with E-state index in [4.69, 9.17) is 0 Å². The molecule has 3 rings (SSSR count). The molecule has 80 valence electrons. The topological polar surface area (TPSA) is 56.5 Å². The minimum absolute atomic E-state index is 0.825. The van der Waals surface area contributed by atoms with Crippen LogP contribution in [0.3, 0.4) is 0 Å². The summed E-state index contributed by atoms with van der Waals surface area (Å²) >= 11 is 3.13. The maximum absolute atomic E-state index is 4.27. The van der Waals surface area contributed by atoms with Gasteiger partial charge in [0, 0.05) is 23.2 Å². The van der Waals surface area contributed by atoms with E-state index in [1.807, 2.05) is 22.4 Å². The zero-order valence-corrected chi connectivity index (χ0v) is 9.99. The highest BCUT2D eigenvalue weighted by Crippen LogP contribution is 2.30. The van der Waals surface area contributed by atoms with E-state index in [1.54, 1.807) is 24.0 Å². The Labute approximate surface area is 99.6 Å². The molecule has 5 nitrogen and oxygen atoms in total. The van der Waals surface area contributed by atoms with Gasteiger partial charge in [0.05, 0.1) is 5.52 Å². The van der Waals surface area contributed by atoms with Crippen LogP contribution in [0, 0.1) is 0 Å². The number of rotatable bonds is 2. The second-order valence-electron chi connectivity index (χ2n) is 3.18. The molecule has 0 bridgehead atoms. The lowest BCUT2D eigenvalue weighted by atomic mass is 10.4.